The Morgan fingerprint density at radius 3 is 2.88 bits per heavy atom. The number of hydrogen-bond acceptors (Lipinski definition) is 2. The van der Waals surface area contributed by atoms with Crippen molar-refractivity contribution < 1.29 is 18.7 Å². The molecule has 5 heteroatoms. The van der Waals surface area contributed by atoms with Crippen molar-refractivity contribution in [2.45, 2.75) is 6.42 Å². The van der Waals surface area contributed by atoms with Gasteiger partial charge in [0.05, 0.1) is 0 Å². The van der Waals surface area contributed by atoms with Gasteiger partial charge in [-0.15, -0.1) is 0 Å². The van der Waals surface area contributed by atoms with Gasteiger partial charge >= 0.3 is 5.97 Å². The minimum atomic E-state index is -1.01. The summed E-state index contributed by atoms with van der Waals surface area (Å²) in [5.74, 6) is -1.91. The molecule has 17 heavy (non-hydrogen) atoms. The van der Waals surface area contributed by atoms with Gasteiger partial charge in [0.25, 0.3) is 0 Å². The highest BCUT2D eigenvalue weighted by atomic mass is 19.1. The summed E-state index contributed by atoms with van der Waals surface area (Å²) in [5.41, 5.74) is 0.305. The van der Waals surface area contributed by atoms with Gasteiger partial charge in [0.1, 0.15) is 11.6 Å². The van der Waals surface area contributed by atoms with Crippen molar-refractivity contribution in [1.29, 1.82) is 0 Å². The van der Waals surface area contributed by atoms with E-state index in [1.807, 2.05) is 0 Å². The Balaban J connectivity index is 2.31. The molecule has 0 heterocycles. The van der Waals surface area contributed by atoms with E-state index < -0.39 is 17.6 Å². The number of aliphatic carboxylic acids is 1. The normalized spacial score (nSPS) is 10.9. The highest BCUT2D eigenvalue weighted by Crippen LogP contribution is 2.09. The lowest BCUT2D eigenvalue weighted by Gasteiger charge is -2.03. The lowest BCUT2D eigenvalue weighted by molar-refractivity contribution is -0.131. The molecule has 0 spiro atoms. The maximum atomic E-state index is 13.2. The zero-order chi connectivity index (χ0) is 12.7. The summed E-state index contributed by atoms with van der Waals surface area (Å²) in [6, 6.07) is 3.32. The molecule has 0 bridgehead atoms. The Morgan fingerprint density at radius 1 is 1.41 bits per heavy atom. The largest absolute Gasteiger partial charge is 0.478 e. The van der Waals surface area contributed by atoms with Crippen molar-refractivity contribution in [3.63, 3.8) is 0 Å². The molecule has 0 saturated carbocycles. The number of halogens is 2. The second kappa shape index (κ2) is 6.75. The van der Waals surface area contributed by atoms with Gasteiger partial charge in [-0.25, -0.2) is 13.6 Å². The molecule has 0 aliphatic heterocycles. The number of carbonyl (C=O) groups is 1. The molecule has 0 atom stereocenters. The van der Waals surface area contributed by atoms with Gasteiger partial charge in [-0.1, -0.05) is 6.08 Å². The van der Waals surface area contributed by atoms with E-state index in [2.05, 4.69) is 5.32 Å². The van der Waals surface area contributed by atoms with Crippen molar-refractivity contribution in [2.24, 2.45) is 0 Å². The Kier molecular flexibility index (Phi) is 5.29. The maximum absolute atomic E-state index is 13.2. The Morgan fingerprint density at radius 2 is 2.18 bits per heavy atom. The minimum absolute atomic E-state index is 0.305. The number of rotatable bonds is 6. The van der Waals surface area contributed by atoms with E-state index in [1.54, 1.807) is 0 Å². The third-order valence-electron chi connectivity index (χ3n) is 2.10. The molecule has 1 aromatic rings. The molecule has 0 amide bonds. The van der Waals surface area contributed by atoms with Crippen molar-refractivity contribution in [1.82, 2.24) is 5.32 Å². The van der Waals surface area contributed by atoms with E-state index in [1.165, 1.54) is 6.08 Å². The van der Waals surface area contributed by atoms with E-state index in [-0.39, 0.29) is 0 Å². The molecule has 0 radical (unpaired) electrons. The molecule has 0 unspecified atom stereocenters. The van der Waals surface area contributed by atoms with Crippen LogP contribution < -0.4 is 5.32 Å². The van der Waals surface area contributed by atoms with Crippen molar-refractivity contribution in [3.05, 3.63) is 47.5 Å². The van der Waals surface area contributed by atoms with Crippen LogP contribution in [0.2, 0.25) is 0 Å². The monoisotopic (exact) mass is 241 g/mol. The van der Waals surface area contributed by atoms with Crippen molar-refractivity contribution in [3.8, 4) is 0 Å². The molecule has 0 aliphatic rings. The standard InChI is InChI=1S/C12H13F2NO2/c13-10-3-4-11(14)9(8-10)5-7-15-6-1-2-12(16)17/h1-4,8,15H,5-7H2,(H,16,17)/b2-1+. The Hall–Kier alpha value is -1.75. The second-order valence-corrected chi connectivity index (χ2v) is 3.43. The molecule has 1 rings (SSSR count). The molecule has 3 nitrogen and oxygen atoms in total. The van der Waals surface area contributed by atoms with E-state index in [4.69, 9.17) is 5.11 Å². The molecule has 0 saturated heterocycles. The van der Waals surface area contributed by atoms with Crippen molar-refractivity contribution >= 4 is 5.97 Å². The number of hydrogen-bond donors (Lipinski definition) is 2. The van der Waals surface area contributed by atoms with Gasteiger partial charge in [0, 0.05) is 12.6 Å². The SMILES string of the molecule is O=C(O)/C=C/CNCCc1cc(F)ccc1F. The van der Waals surface area contributed by atoms with Crippen LogP contribution in [0.25, 0.3) is 0 Å². The summed E-state index contributed by atoms with van der Waals surface area (Å²) in [7, 11) is 0. The number of benzene rings is 1. The molecule has 0 aliphatic carbocycles. The Labute approximate surface area is 97.8 Å². The zero-order valence-electron chi connectivity index (χ0n) is 9.12. The Bertz CT molecular complexity index is 419. The van der Waals surface area contributed by atoms with Gasteiger partial charge in [-0.2, -0.15) is 0 Å². The first-order valence-corrected chi connectivity index (χ1v) is 5.13. The van der Waals surface area contributed by atoms with Gasteiger partial charge in [0.15, 0.2) is 0 Å². The summed E-state index contributed by atoms with van der Waals surface area (Å²) >= 11 is 0. The lowest BCUT2D eigenvalue weighted by Crippen LogP contribution is -2.17. The quantitative estimate of drug-likeness (QED) is 0.589. The zero-order valence-corrected chi connectivity index (χ0v) is 9.12. The number of carboxylic acid groups (broad SMARTS) is 1. The van der Waals surface area contributed by atoms with Crippen LogP contribution in [0.5, 0.6) is 0 Å². The predicted molar refractivity (Wildman–Crippen MR) is 59.7 cm³/mol. The maximum Gasteiger partial charge on any atom is 0.328 e. The third kappa shape index (κ3) is 5.21. The average molecular weight is 241 g/mol. The third-order valence-corrected chi connectivity index (χ3v) is 2.10. The van der Waals surface area contributed by atoms with Crippen LogP contribution in [0.4, 0.5) is 8.78 Å². The lowest BCUT2D eigenvalue weighted by atomic mass is 10.1. The first kappa shape index (κ1) is 13.3. The van der Waals surface area contributed by atoms with Gasteiger partial charge in [0.2, 0.25) is 0 Å². The van der Waals surface area contributed by atoms with Crippen LogP contribution in [0.1, 0.15) is 5.56 Å². The molecular weight excluding hydrogens is 228 g/mol. The van der Waals surface area contributed by atoms with Crippen LogP contribution in [0.3, 0.4) is 0 Å². The summed E-state index contributed by atoms with van der Waals surface area (Å²) in [4.78, 5) is 10.1. The van der Waals surface area contributed by atoms with Crippen LogP contribution in [-0.4, -0.2) is 24.2 Å². The van der Waals surface area contributed by atoms with Gasteiger partial charge in [-0.3, -0.25) is 0 Å². The first-order valence-electron chi connectivity index (χ1n) is 5.13. The van der Waals surface area contributed by atoms with Crippen LogP contribution in [0.15, 0.2) is 30.4 Å². The molecular formula is C12H13F2NO2. The average Bonchev–Trinajstić information content (AvgIpc) is 2.27. The van der Waals surface area contributed by atoms with E-state index in [0.29, 0.717) is 25.1 Å². The topological polar surface area (TPSA) is 49.3 Å². The fraction of sp³-hybridized carbons (Fsp3) is 0.250. The summed E-state index contributed by atoms with van der Waals surface area (Å²) in [6.07, 6.45) is 2.82. The van der Waals surface area contributed by atoms with Crippen molar-refractivity contribution in [2.75, 3.05) is 13.1 Å². The van der Waals surface area contributed by atoms with Crippen LogP contribution in [-0.2, 0) is 11.2 Å². The molecule has 1 aromatic carbocycles. The molecule has 0 fully saturated rings. The first-order chi connectivity index (χ1) is 8.09. The number of nitrogens with one attached hydrogen (secondary N) is 1. The molecule has 2 N–H and O–H groups in total. The smallest absolute Gasteiger partial charge is 0.328 e. The van der Waals surface area contributed by atoms with E-state index in [9.17, 15) is 13.6 Å². The number of carboxylic acids is 1. The fourth-order valence-corrected chi connectivity index (χ4v) is 1.30. The van der Waals surface area contributed by atoms with E-state index in [0.717, 1.165) is 24.3 Å². The minimum Gasteiger partial charge on any atom is -0.478 e. The molecule has 0 aromatic heterocycles. The summed E-state index contributed by atoms with van der Waals surface area (Å²) < 4.78 is 26.0. The van der Waals surface area contributed by atoms with Gasteiger partial charge < -0.3 is 10.4 Å². The highest BCUT2D eigenvalue weighted by molar-refractivity contribution is 5.79. The van der Waals surface area contributed by atoms with Crippen LogP contribution in [0, 0.1) is 11.6 Å². The summed E-state index contributed by atoms with van der Waals surface area (Å²) in [5, 5.41) is 11.2. The highest BCUT2D eigenvalue weighted by Gasteiger charge is 2.02. The summed E-state index contributed by atoms with van der Waals surface area (Å²) in [6.45, 7) is 0.827. The fourth-order valence-electron chi connectivity index (χ4n) is 1.30. The van der Waals surface area contributed by atoms with E-state index >= 15 is 0 Å². The molecule has 92 valence electrons. The van der Waals surface area contributed by atoms with Gasteiger partial charge in [-0.05, 0) is 36.7 Å². The van der Waals surface area contributed by atoms with Crippen LogP contribution >= 0.6 is 0 Å². The predicted octanol–water partition coefficient (Wildman–Crippen LogP) is 1.74. The second-order valence-electron chi connectivity index (χ2n) is 3.43.